The molecule has 0 spiro atoms. The zero-order valence-electron chi connectivity index (χ0n) is 16.6. The third kappa shape index (κ3) is 7.84. The van der Waals surface area contributed by atoms with Crippen molar-refractivity contribution in [2.24, 2.45) is 4.99 Å². The van der Waals surface area contributed by atoms with Crippen molar-refractivity contribution in [2.45, 2.75) is 43.7 Å². The number of nitrogens with one attached hydrogen (secondary N) is 2. The number of ether oxygens (including phenoxy) is 3. The molecule has 0 radical (unpaired) electrons. The van der Waals surface area contributed by atoms with Crippen molar-refractivity contribution in [1.82, 2.24) is 15.5 Å². The molecule has 8 heteroatoms. The molecule has 0 amide bonds. The minimum Gasteiger partial charge on any atom is -0.385 e. The summed E-state index contributed by atoms with van der Waals surface area (Å²) in [6.45, 7) is 6.55. The van der Waals surface area contributed by atoms with E-state index in [4.69, 9.17) is 14.2 Å². The Balaban J connectivity index is 0.00000338. The van der Waals surface area contributed by atoms with Gasteiger partial charge < -0.3 is 29.7 Å². The number of piperidine rings is 1. The van der Waals surface area contributed by atoms with Gasteiger partial charge in [0.05, 0.1) is 5.60 Å². The second-order valence-corrected chi connectivity index (χ2v) is 7.03. The van der Waals surface area contributed by atoms with E-state index in [1.165, 1.54) is 0 Å². The number of hydrogen-bond acceptors (Lipinski definition) is 5. The predicted octanol–water partition coefficient (Wildman–Crippen LogP) is 1.47. The van der Waals surface area contributed by atoms with E-state index in [0.29, 0.717) is 6.04 Å². The molecule has 7 nitrogen and oxygen atoms in total. The summed E-state index contributed by atoms with van der Waals surface area (Å²) in [6.07, 6.45) is 5.26. The lowest BCUT2D eigenvalue weighted by Crippen LogP contribution is -2.53. The third-order valence-electron chi connectivity index (χ3n) is 5.39. The molecule has 0 atom stereocenters. The summed E-state index contributed by atoms with van der Waals surface area (Å²) in [5.74, 6) is 0.876. The van der Waals surface area contributed by atoms with Gasteiger partial charge >= 0.3 is 0 Å². The molecular formula is C18H37IN4O3. The summed E-state index contributed by atoms with van der Waals surface area (Å²) >= 11 is 0. The summed E-state index contributed by atoms with van der Waals surface area (Å²) in [4.78, 5) is 6.91. The Kier molecular flexibility index (Phi) is 12.0. The number of nitrogens with zero attached hydrogens (tertiary/aromatic N) is 2. The van der Waals surface area contributed by atoms with E-state index in [1.807, 2.05) is 7.05 Å². The van der Waals surface area contributed by atoms with Crippen molar-refractivity contribution in [2.75, 3.05) is 67.3 Å². The smallest absolute Gasteiger partial charge is 0.191 e. The first-order chi connectivity index (χ1) is 12.2. The fourth-order valence-electron chi connectivity index (χ4n) is 3.56. The van der Waals surface area contributed by atoms with Crippen LogP contribution in [0.4, 0.5) is 0 Å². The first kappa shape index (κ1) is 23.9. The van der Waals surface area contributed by atoms with Gasteiger partial charge in [-0.15, -0.1) is 24.0 Å². The van der Waals surface area contributed by atoms with E-state index < -0.39 is 0 Å². The fourth-order valence-corrected chi connectivity index (χ4v) is 3.56. The highest BCUT2D eigenvalue weighted by Crippen LogP contribution is 2.23. The van der Waals surface area contributed by atoms with Crippen LogP contribution in [0.1, 0.15) is 32.1 Å². The van der Waals surface area contributed by atoms with E-state index in [9.17, 15) is 0 Å². The van der Waals surface area contributed by atoms with Crippen LogP contribution in [-0.4, -0.2) is 89.8 Å². The highest BCUT2D eigenvalue weighted by molar-refractivity contribution is 14.0. The Morgan fingerprint density at radius 3 is 2.50 bits per heavy atom. The molecule has 2 heterocycles. The molecule has 2 saturated heterocycles. The molecule has 0 aromatic heterocycles. The number of methoxy groups -OCH3 is 2. The maximum Gasteiger partial charge on any atom is 0.191 e. The molecule has 2 N–H and O–H groups in total. The number of rotatable bonds is 8. The minimum absolute atomic E-state index is 0. The quantitative estimate of drug-likeness (QED) is 0.236. The van der Waals surface area contributed by atoms with Gasteiger partial charge in [0, 0.05) is 86.2 Å². The van der Waals surface area contributed by atoms with Crippen LogP contribution in [-0.2, 0) is 14.2 Å². The lowest BCUT2D eigenvalue weighted by molar-refractivity contribution is -0.0855. The van der Waals surface area contributed by atoms with Gasteiger partial charge in [0.2, 0.25) is 0 Å². The second kappa shape index (κ2) is 13.1. The van der Waals surface area contributed by atoms with Gasteiger partial charge in [-0.05, 0) is 19.3 Å². The normalized spacial score (nSPS) is 21.9. The van der Waals surface area contributed by atoms with Crippen molar-refractivity contribution in [3.8, 4) is 0 Å². The summed E-state index contributed by atoms with van der Waals surface area (Å²) in [5, 5.41) is 7.03. The number of hydrogen-bond donors (Lipinski definition) is 2. The van der Waals surface area contributed by atoms with Crippen molar-refractivity contribution in [1.29, 1.82) is 0 Å². The molecule has 26 heavy (non-hydrogen) atoms. The maximum absolute atomic E-state index is 5.78. The molecule has 0 aromatic rings. The van der Waals surface area contributed by atoms with E-state index in [0.717, 1.165) is 84.1 Å². The number of guanidine groups is 1. The lowest BCUT2D eigenvalue weighted by Gasteiger charge is -2.37. The zero-order valence-corrected chi connectivity index (χ0v) is 18.9. The molecule has 2 fully saturated rings. The number of halogens is 1. The van der Waals surface area contributed by atoms with Crippen molar-refractivity contribution in [3.63, 3.8) is 0 Å². The van der Waals surface area contributed by atoms with Crippen LogP contribution in [0.3, 0.4) is 0 Å². The Hall–Kier alpha value is -0.160. The second-order valence-electron chi connectivity index (χ2n) is 7.03. The standard InChI is InChI=1S/C18H36N4O3.HI/c1-19-17(20-15-18(24-3)7-13-25-14-8-18)21-16-5-10-22(11-6-16)9-4-12-23-2;/h16H,4-15H2,1-3H3,(H2,19,20,21);1H. The molecule has 154 valence electrons. The number of likely N-dealkylation sites (tertiary alicyclic amines) is 1. The van der Waals surface area contributed by atoms with Crippen LogP contribution in [0, 0.1) is 0 Å². The Bertz CT molecular complexity index is 398. The van der Waals surface area contributed by atoms with Crippen LogP contribution in [0.5, 0.6) is 0 Å². The zero-order chi connectivity index (χ0) is 18.0. The van der Waals surface area contributed by atoms with E-state index in [-0.39, 0.29) is 29.6 Å². The summed E-state index contributed by atoms with van der Waals surface area (Å²) in [7, 11) is 5.39. The average Bonchev–Trinajstić information content (AvgIpc) is 2.67. The first-order valence-corrected chi connectivity index (χ1v) is 9.53. The van der Waals surface area contributed by atoms with Crippen LogP contribution in [0.2, 0.25) is 0 Å². The van der Waals surface area contributed by atoms with Crippen molar-refractivity contribution < 1.29 is 14.2 Å². The molecule has 0 bridgehead atoms. The van der Waals surface area contributed by atoms with Crippen LogP contribution in [0.25, 0.3) is 0 Å². The van der Waals surface area contributed by atoms with E-state index in [2.05, 4.69) is 20.5 Å². The third-order valence-corrected chi connectivity index (χ3v) is 5.39. The highest BCUT2D eigenvalue weighted by atomic mass is 127. The monoisotopic (exact) mass is 484 g/mol. The van der Waals surface area contributed by atoms with E-state index in [1.54, 1.807) is 14.2 Å². The number of aliphatic imine (C=N–C) groups is 1. The Labute approximate surface area is 175 Å². The van der Waals surface area contributed by atoms with Gasteiger partial charge in [0.25, 0.3) is 0 Å². The lowest BCUT2D eigenvalue weighted by atomic mass is 9.94. The van der Waals surface area contributed by atoms with Crippen molar-refractivity contribution in [3.05, 3.63) is 0 Å². The van der Waals surface area contributed by atoms with Crippen LogP contribution in [0.15, 0.2) is 4.99 Å². The topological polar surface area (TPSA) is 67.4 Å². The largest absolute Gasteiger partial charge is 0.385 e. The first-order valence-electron chi connectivity index (χ1n) is 9.53. The van der Waals surface area contributed by atoms with E-state index >= 15 is 0 Å². The Morgan fingerprint density at radius 1 is 1.23 bits per heavy atom. The molecule has 0 unspecified atom stereocenters. The molecule has 0 aromatic carbocycles. The Morgan fingerprint density at radius 2 is 1.92 bits per heavy atom. The summed E-state index contributed by atoms with van der Waals surface area (Å²) < 4.78 is 16.4. The van der Waals surface area contributed by atoms with Gasteiger partial charge in [-0.1, -0.05) is 0 Å². The molecule has 2 aliphatic heterocycles. The predicted molar refractivity (Wildman–Crippen MR) is 116 cm³/mol. The molecule has 0 saturated carbocycles. The maximum atomic E-state index is 5.78. The minimum atomic E-state index is -0.138. The average molecular weight is 484 g/mol. The van der Waals surface area contributed by atoms with Gasteiger partial charge in [0.1, 0.15) is 0 Å². The molecular weight excluding hydrogens is 447 g/mol. The molecule has 2 aliphatic rings. The van der Waals surface area contributed by atoms with Gasteiger partial charge in [0.15, 0.2) is 5.96 Å². The van der Waals surface area contributed by atoms with Crippen molar-refractivity contribution >= 4 is 29.9 Å². The SMILES string of the molecule is CN=C(NCC1(OC)CCOCC1)NC1CCN(CCCOC)CC1.I. The molecule has 2 rings (SSSR count). The summed E-state index contributed by atoms with van der Waals surface area (Å²) in [5.41, 5.74) is -0.138. The van der Waals surface area contributed by atoms with Gasteiger partial charge in [-0.3, -0.25) is 4.99 Å². The van der Waals surface area contributed by atoms with Gasteiger partial charge in [-0.2, -0.15) is 0 Å². The van der Waals surface area contributed by atoms with Crippen LogP contribution >= 0.6 is 24.0 Å². The molecule has 0 aliphatic carbocycles. The van der Waals surface area contributed by atoms with Gasteiger partial charge in [-0.25, -0.2) is 0 Å². The fraction of sp³-hybridized carbons (Fsp3) is 0.944. The summed E-state index contributed by atoms with van der Waals surface area (Å²) in [6, 6.07) is 0.484. The highest BCUT2D eigenvalue weighted by Gasteiger charge is 2.32. The van der Waals surface area contributed by atoms with Crippen LogP contribution < -0.4 is 10.6 Å².